The maximum Gasteiger partial charge on any atom is 0.204 e. The minimum atomic E-state index is 0.434. The van der Waals surface area contributed by atoms with E-state index in [1.54, 1.807) is 17.6 Å². The van der Waals surface area contributed by atoms with Gasteiger partial charge in [-0.25, -0.2) is 4.98 Å². The Morgan fingerprint density at radius 3 is 2.67 bits per heavy atom. The molecule has 0 radical (unpaired) electrons. The summed E-state index contributed by atoms with van der Waals surface area (Å²) in [6.07, 6.45) is 1.73. The minimum absolute atomic E-state index is 0.434. The smallest absolute Gasteiger partial charge is 0.204 e. The van der Waals surface area contributed by atoms with Gasteiger partial charge in [-0.2, -0.15) is 5.10 Å². The predicted octanol–water partition coefficient (Wildman–Crippen LogP) is 6.37. The van der Waals surface area contributed by atoms with E-state index < -0.39 is 0 Å². The van der Waals surface area contributed by atoms with Crippen LogP contribution in [0.5, 0.6) is 11.5 Å². The highest BCUT2D eigenvalue weighted by Gasteiger charge is 2.07. The SMILES string of the molecule is CCOc1cc(/C=N/Nc2nc3ccccc3s2)ccc1OCc1ccc(Cl)cc1. The average Bonchev–Trinajstić information content (AvgIpc) is 3.17. The summed E-state index contributed by atoms with van der Waals surface area (Å²) in [5.74, 6) is 1.36. The first-order valence-electron chi connectivity index (χ1n) is 9.50. The Kier molecular flexibility index (Phi) is 6.47. The quantitative estimate of drug-likeness (QED) is 0.257. The lowest BCUT2D eigenvalue weighted by Gasteiger charge is -2.12. The molecule has 4 aromatic rings. The fraction of sp³-hybridized carbons (Fsp3) is 0.130. The van der Waals surface area contributed by atoms with Crippen LogP contribution < -0.4 is 14.9 Å². The maximum absolute atomic E-state index is 5.94. The van der Waals surface area contributed by atoms with Gasteiger partial charge in [0.2, 0.25) is 5.13 Å². The van der Waals surface area contributed by atoms with Crippen molar-refractivity contribution in [2.75, 3.05) is 12.0 Å². The number of halogens is 1. The Balaban J connectivity index is 1.43. The van der Waals surface area contributed by atoms with Crippen LogP contribution in [0.1, 0.15) is 18.1 Å². The fourth-order valence-electron chi connectivity index (χ4n) is 2.82. The molecular formula is C23H20ClN3O2S. The molecule has 0 aliphatic heterocycles. The van der Waals surface area contributed by atoms with Gasteiger partial charge in [0, 0.05) is 5.02 Å². The Labute approximate surface area is 183 Å². The zero-order valence-corrected chi connectivity index (χ0v) is 17.9. The topological polar surface area (TPSA) is 55.7 Å². The molecule has 0 atom stereocenters. The van der Waals surface area contributed by atoms with Crippen molar-refractivity contribution in [2.24, 2.45) is 5.10 Å². The number of anilines is 1. The summed E-state index contributed by atoms with van der Waals surface area (Å²) in [6.45, 7) is 2.92. The predicted molar refractivity (Wildman–Crippen MR) is 124 cm³/mol. The summed E-state index contributed by atoms with van der Waals surface area (Å²) < 4.78 is 12.8. The molecule has 5 nitrogen and oxygen atoms in total. The molecule has 0 aliphatic rings. The van der Waals surface area contributed by atoms with Gasteiger partial charge in [0.25, 0.3) is 0 Å². The molecule has 1 aromatic heterocycles. The Morgan fingerprint density at radius 1 is 1.03 bits per heavy atom. The summed E-state index contributed by atoms with van der Waals surface area (Å²) in [5.41, 5.74) is 5.88. The van der Waals surface area contributed by atoms with Crippen molar-refractivity contribution in [3.05, 3.63) is 82.9 Å². The highest BCUT2D eigenvalue weighted by molar-refractivity contribution is 7.22. The summed E-state index contributed by atoms with van der Waals surface area (Å²) >= 11 is 7.49. The third-order valence-corrected chi connectivity index (χ3v) is 5.44. The third kappa shape index (κ3) is 5.09. The molecule has 3 aromatic carbocycles. The lowest BCUT2D eigenvalue weighted by Crippen LogP contribution is -2.00. The summed E-state index contributed by atoms with van der Waals surface area (Å²) in [5, 5.41) is 5.76. The molecule has 0 bridgehead atoms. The number of ether oxygens (including phenoxy) is 2. The number of thiazole rings is 1. The largest absolute Gasteiger partial charge is 0.490 e. The molecule has 1 N–H and O–H groups in total. The molecule has 30 heavy (non-hydrogen) atoms. The van der Waals surface area contributed by atoms with Gasteiger partial charge >= 0.3 is 0 Å². The van der Waals surface area contributed by atoms with Crippen LogP contribution >= 0.6 is 22.9 Å². The van der Waals surface area contributed by atoms with Gasteiger partial charge < -0.3 is 9.47 Å². The maximum atomic E-state index is 5.94. The molecule has 0 spiro atoms. The standard InChI is InChI=1S/C23H20ClN3O2S/c1-2-28-21-13-17(9-12-20(21)29-15-16-7-10-18(24)11-8-16)14-25-27-23-26-19-5-3-4-6-22(19)30-23/h3-14H,2,15H2,1H3,(H,26,27)/b25-14+. The number of nitrogens with zero attached hydrogens (tertiary/aromatic N) is 2. The molecule has 1 heterocycles. The van der Waals surface area contributed by atoms with Crippen molar-refractivity contribution >= 4 is 44.5 Å². The number of hydrazone groups is 1. The van der Waals surface area contributed by atoms with Gasteiger partial charge in [0.1, 0.15) is 6.61 Å². The van der Waals surface area contributed by atoms with Crippen molar-refractivity contribution < 1.29 is 9.47 Å². The van der Waals surface area contributed by atoms with Crippen LogP contribution in [-0.2, 0) is 6.61 Å². The highest BCUT2D eigenvalue weighted by atomic mass is 35.5. The molecule has 4 rings (SSSR count). The van der Waals surface area contributed by atoms with E-state index in [-0.39, 0.29) is 0 Å². The van der Waals surface area contributed by atoms with Crippen LogP contribution in [0, 0.1) is 0 Å². The zero-order chi connectivity index (χ0) is 20.8. The monoisotopic (exact) mass is 437 g/mol. The summed E-state index contributed by atoms with van der Waals surface area (Å²) in [7, 11) is 0. The number of benzene rings is 3. The number of fused-ring (bicyclic) bond motifs is 1. The lowest BCUT2D eigenvalue weighted by molar-refractivity contribution is 0.269. The van der Waals surface area contributed by atoms with E-state index in [9.17, 15) is 0 Å². The molecule has 152 valence electrons. The van der Waals surface area contributed by atoms with Gasteiger partial charge in [-0.3, -0.25) is 5.43 Å². The normalized spacial score (nSPS) is 11.1. The molecule has 0 amide bonds. The number of para-hydroxylation sites is 1. The van der Waals surface area contributed by atoms with Crippen molar-refractivity contribution in [2.45, 2.75) is 13.5 Å². The van der Waals surface area contributed by atoms with Crippen LogP contribution in [-0.4, -0.2) is 17.8 Å². The second-order valence-electron chi connectivity index (χ2n) is 6.41. The van der Waals surface area contributed by atoms with Gasteiger partial charge in [0.15, 0.2) is 11.5 Å². The van der Waals surface area contributed by atoms with Crippen molar-refractivity contribution in [1.82, 2.24) is 4.98 Å². The van der Waals surface area contributed by atoms with Crippen LogP contribution in [0.2, 0.25) is 5.02 Å². The first-order valence-corrected chi connectivity index (χ1v) is 10.7. The second-order valence-corrected chi connectivity index (χ2v) is 7.88. The van der Waals surface area contributed by atoms with E-state index in [0.717, 1.165) is 26.5 Å². The number of hydrogen-bond donors (Lipinski definition) is 1. The Hall–Kier alpha value is -3.09. The van der Waals surface area contributed by atoms with Crippen LogP contribution in [0.4, 0.5) is 5.13 Å². The van der Waals surface area contributed by atoms with Crippen molar-refractivity contribution in [3.8, 4) is 11.5 Å². The zero-order valence-electron chi connectivity index (χ0n) is 16.3. The number of aromatic nitrogens is 1. The fourth-order valence-corrected chi connectivity index (χ4v) is 3.76. The average molecular weight is 438 g/mol. The van der Waals surface area contributed by atoms with Crippen molar-refractivity contribution in [1.29, 1.82) is 0 Å². The first kappa shape index (κ1) is 20.2. The van der Waals surface area contributed by atoms with E-state index in [0.29, 0.717) is 29.7 Å². The van der Waals surface area contributed by atoms with E-state index in [1.807, 2.05) is 73.7 Å². The van der Waals surface area contributed by atoms with Gasteiger partial charge in [0.05, 0.1) is 23.0 Å². The molecule has 7 heteroatoms. The van der Waals surface area contributed by atoms with E-state index in [1.165, 1.54) is 0 Å². The molecule has 0 unspecified atom stereocenters. The second kappa shape index (κ2) is 9.61. The first-order chi connectivity index (χ1) is 14.7. The Morgan fingerprint density at radius 2 is 1.87 bits per heavy atom. The molecule has 0 saturated heterocycles. The van der Waals surface area contributed by atoms with Crippen LogP contribution in [0.25, 0.3) is 10.2 Å². The number of nitrogens with one attached hydrogen (secondary N) is 1. The minimum Gasteiger partial charge on any atom is -0.490 e. The summed E-state index contributed by atoms with van der Waals surface area (Å²) in [4.78, 5) is 4.50. The third-order valence-electron chi connectivity index (χ3n) is 4.24. The van der Waals surface area contributed by atoms with E-state index >= 15 is 0 Å². The lowest BCUT2D eigenvalue weighted by atomic mass is 10.2. The van der Waals surface area contributed by atoms with Crippen LogP contribution in [0.3, 0.4) is 0 Å². The van der Waals surface area contributed by atoms with Gasteiger partial charge in [-0.1, -0.05) is 47.2 Å². The van der Waals surface area contributed by atoms with Crippen molar-refractivity contribution in [3.63, 3.8) is 0 Å². The van der Waals surface area contributed by atoms with E-state index in [4.69, 9.17) is 21.1 Å². The van der Waals surface area contributed by atoms with Gasteiger partial charge in [-0.05, 0) is 60.5 Å². The summed E-state index contributed by atoms with van der Waals surface area (Å²) in [6, 6.07) is 21.3. The molecular weight excluding hydrogens is 418 g/mol. The highest BCUT2D eigenvalue weighted by Crippen LogP contribution is 2.29. The molecule has 0 fully saturated rings. The van der Waals surface area contributed by atoms with Gasteiger partial charge in [-0.15, -0.1) is 0 Å². The van der Waals surface area contributed by atoms with Crippen LogP contribution in [0.15, 0.2) is 71.8 Å². The number of hydrogen-bond acceptors (Lipinski definition) is 6. The number of rotatable bonds is 8. The molecule has 0 saturated carbocycles. The Bertz CT molecular complexity index is 1130. The molecule has 0 aliphatic carbocycles. The van der Waals surface area contributed by atoms with E-state index in [2.05, 4.69) is 15.5 Å².